The molecule has 3 N–H and O–H groups in total. The number of nitrogens with one attached hydrogen (secondary N) is 2. The van der Waals surface area contributed by atoms with E-state index in [-0.39, 0.29) is 17.2 Å². The number of carbonyl (C=O) groups is 1. The van der Waals surface area contributed by atoms with E-state index in [1.54, 1.807) is 30.3 Å². The van der Waals surface area contributed by atoms with E-state index in [0.29, 0.717) is 16.2 Å². The van der Waals surface area contributed by atoms with Crippen LogP contribution >= 0.6 is 11.6 Å². The van der Waals surface area contributed by atoms with Crippen LogP contribution in [0, 0.1) is 0 Å². The molecule has 4 aromatic rings. The Balaban J connectivity index is 1.84. The van der Waals surface area contributed by atoms with Crippen LogP contribution in [0.2, 0.25) is 5.02 Å². The SMILES string of the molecule is O=C(Nc1ccc(Cl)cc1)c1c(O)ccc2c1[nH]c1ccccc12. The third kappa shape index (κ3) is 2.37. The first-order valence-corrected chi connectivity index (χ1v) is 7.80. The van der Waals surface area contributed by atoms with Crippen molar-refractivity contribution in [3.63, 3.8) is 0 Å². The van der Waals surface area contributed by atoms with Crippen LogP contribution in [-0.2, 0) is 0 Å². The fraction of sp³-hybridized carbons (Fsp3) is 0. The van der Waals surface area contributed by atoms with E-state index in [4.69, 9.17) is 11.6 Å². The minimum atomic E-state index is -0.382. The fourth-order valence-corrected chi connectivity index (χ4v) is 2.99. The molecule has 1 aromatic heterocycles. The maximum absolute atomic E-state index is 12.7. The molecule has 1 amide bonds. The van der Waals surface area contributed by atoms with Crippen molar-refractivity contribution in [3.8, 4) is 5.75 Å². The highest BCUT2D eigenvalue weighted by Crippen LogP contribution is 2.32. The van der Waals surface area contributed by atoms with Gasteiger partial charge in [0.1, 0.15) is 11.3 Å². The number of halogens is 1. The van der Waals surface area contributed by atoms with Crippen molar-refractivity contribution in [3.05, 3.63) is 71.2 Å². The average molecular weight is 337 g/mol. The predicted molar refractivity (Wildman–Crippen MR) is 96.9 cm³/mol. The number of hydrogen-bond acceptors (Lipinski definition) is 2. The highest BCUT2D eigenvalue weighted by Gasteiger charge is 2.18. The van der Waals surface area contributed by atoms with Crippen molar-refractivity contribution in [2.24, 2.45) is 0 Å². The maximum atomic E-state index is 12.7. The Morgan fingerprint density at radius 1 is 0.958 bits per heavy atom. The van der Waals surface area contributed by atoms with Crippen LogP contribution in [0.3, 0.4) is 0 Å². The molecular weight excluding hydrogens is 324 g/mol. The second-order valence-electron chi connectivity index (χ2n) is 5.51. The van der Waals surface area contributed by atoms with Crippen LogP contribution < -0.4 is 5.32 Å². The zero-order chi connectivity index (χ0) is 16.7. The first-order valence-electron chi connectivity index (χ1n) is 7.43. The molecule has 0 fully saturated rings. The molecule has 0 unspecified atom stereocenters. The van der Waals surface area contributed by atoms with Gasteiger partial charge >= 0.3 is 0 Å². The number of benzene rings is 3. The molecule has 5 heteroatoms. The Kier molecular flexibility index (Phi) is 3.40. The fourth-order valence-electron chi connectivity index (χ4n) is 2.86. The third-order valence-corrected chi connectivity index (χ3v) is 4.24. The summed E-state index contributed by atoms with van der Waals surface area (Å²) in [6.07, 6.45) is 0. The number of fused-ring (bicyclic) bond motifs is 3. The smallest absolute Gasteiger partial charge is 0.261 e. The van der Waals surface area contributed by atoms with E-state index in [1.165, 1.54) is 0 Å². The van der Waals surface area contributed by atoms with Crippen molar-refractivity contribution in [2.45, 2.75) is 0 Å². The monoisotopic (exact) mass is 336 g/mol. The highest BCUT2D eigenvalue weighted by atomic mass is 35.5. The van der Waals surface area contributed by atoms with Crippen LogP contribution in [-0.4, -0.2) is 16.0 Å². The molecule has 0 atom stereocenters. The van der Waals surface area contributed by atoms with Gasteiger partial charge in [0.2, 0.25) is 0 Å². The summed E-state index contributed by atoms with van der Waals surface area (Å²) in [5, 5.41) is 15.5. The Morgan fingerprint density at radius 2 is 1.71 bits per heavy atom. The maximum Gasteiger partial charge on any atom is 0.261 e. The largest absolute Gasteiger partial charge is 0.507 e. The number of phenolic OH excluding ortho intramolecular Hbond substituents is 1. The van der Waals surface area contributed by atoms with E-state index >= 15 is 0 Å². The molecule has 0 bridgehead atoms. The number of para-hydroxylation sites is 1. The molecule has 3 aromatic carbocycles. The molecule has 0 saturated heterocycles. The molecule has 0 aliphatic heterocycles. The lowest BCUT2D eigenvalue weighted by molar-refractivity contribution is 0.102. The van der Waals surface area contributed by atoms with E-state index in [0.717, 1.165) is 16.3 Å². The van der Waals surface area contributed by atoms with Crippen molar-refractivity contribution in [1.82, 2.24) is 4.98 Å². The lowest BCUT2D eigenvalue weighted by Crippen LogP contribution is -2.12. The number of carbonyl (C=O) groups excluding carboxylic acids is 1. The van der Waals surface area contributed by atoms with Crippen LogP contribution in [0.1, 0.15) is 10.4 Å². The Bertz CT molecular complexity index is 1070. The molecule has 4 rings (SSSR count). The number of aromatic nitrogens is 1. The molecule has 118 valence electrons. The molecule has 0 spiro atoms. The first-order chi connectivity index (χ1) is 11.6. The van der Waals surface area contributed by atoms with Gasteiger partial charge in [-0.1, -0.05) is 29.8 Å². The highest BCUT2D eigenvalue weighted by molar-refractivity contribution is 6.30. The van der Waals surface area contributed by atoms with Gasteiger partial charge in [-0.2, -0.15) is 0 Å². The molecule has 0 aliphatic rings. The zero-order valence-corrected chi connectivity index (χ0v) is 13.3. The summed E-state index contributed by atoms with van der Waals surface area (Å²) in [6.45, 7) is 0. The normalized spacial score (nSPS) is 11.0. The minimum Gasteiger partial charge on any atom is -0.507 e. The summed E-state index contributed by atoms with van der Waals surface area (Å²) in [6, 6.07) is 17.9. The van der Waals surface area contributed by atoms with Crippen LogP contribution in [0.5, 0.6) is 5.75 Å². The lowest BCUT2D eigenvalue weighted by Gasteiger charge is -2.08. The first kappa shape index (κ1) is 14.6. The second kappa shape index (κ2) is 5.58. The molecule has 0 radical (unpaired) electrons. The van der Waals surface area contributed by atoms with Gasteiger partial charge in [0.05, 0.1) is 5.52 Å². The second-order valence-corrected chi connectivity index (χ2v) is 5.95. The topological polar surface area (TPSA) is 65.1 Å². The van der Waals surface area contributed by atoms with Crippen LogP contribution in [0.15, 0.2) is 60.7 Å². The Labute approximate surface area is 142 Å². The Hall–Kier alpha value is -2.98. The molecule has 24 heavy (non-hydrogen) atoms. The number of rotatable bonds is 2. The zero-order valence-electron chi connectivity index (χ0n) is 12.5. The van der Waals surface area contributed by atoms with Crippen molar-refractivity contribution < 1.29 is 9.90 Å². The van der Waals surface area contributed by atoms with Gasteiger partial charge < -0.3 is 15.4 Å². The molecule has 0 aliphatic carbocycles. The number of hydrogen-bond donors (Lipinski definition) is 3. The standard InChI is InChI=1S/C19H13ClN2O2/c20-11-5-7-12(8-6-11)21-19(24)17-16(23)10-9-14-13-3-1-2-4-15(13)22-18(14)17/h1-10,22-23H,(H,21,24). The van der Waals surface area contributed by atoms with Gasteiger partial charge in [0.25, 0.3) is 5.91 Å². The number of amides is 1. The van der Waals surface area contributed by atoms with Gasteiger partial charge in [0, 0.05) is 27.0 Å². The van der Waals surface area contributed by atoms with E-state index in [9.17, 15) is 9.90 Å². The van der Waals surface area contributed by atoms with Gasteiger partial charge in [-0.05, 0) is 42.5 Å². The van der Waals surface area contributed by atoms with Crippen molar-refractivity contribution in [1.29, 1.82) is 0 Å². The van der Waals surface area contributed by atoms with Crippen molar-refractivity contribution >= 4 is 45.0 Å². The third-order valence-electron chi connectivity index (χ3n) is 3.99. The Morgan fingerprint density at radius 3 is 2.50 bits per heavy atom. The molecule has 1 heterocycles. The summed E-state index contributed by atoms with van der Waals surface area (Å²) in [5.41, 5.74) is 2.36. The molecular formula is C19H13ClN2O2. The lowest BCUT2D eigenvalue weighted by atomic mass is 10.1. The number of aromatic amines is 1. The van der Waals surface area contributed by atoms with Gasteiger partial charge in [-0.25, -0.2) is 0 Å². The van der Waals surface area contributed by atoms with Crippen LogP contribution in [0.25, 0.3) is 21.8 Å². The van der Waals surface area contributed by atoms with E-state index in [2.05, 4.69) is 10.3 Å². The van der Waals surface area contributed by atoms with Crippen molar-refractivity contribution in [2.75, 3.05) is 5.32 Å². The predicted octanol–water partition coefficient (Wildman–Crippen LogP) is 4.93. The summed E-state index contributed by atoms with van der Waals surface area (Å²) >= 11 is 5.86. The number of anilines is 1. The molecule has 0 saturated carbocycles. The minimum absolute atomic E-state index is 0.0690. The summed E-state index contributed by atoms with van der Waals surface area (Å²) in [4.78, 5) is 15.9. The number of aromatic hydroxyl groups is 1. The summed E-state index contributed by atoms with van der Waals surface area (Å²) < 4.78 is 0. The van der Waals surface area contributed by atoms with Gasteiger partial charge in [-0.15, -0.1) is 0 Å². The average Bonchev–Trinajstić information content (AvgIpc) is 2.95. The number of H-pyrrole nitrogens is 1. The van der Waals surface area contributed by atoms with Gasteiger partial charge in [-0.3, -0.25) is 4.79 Å². The summed E-state index contributed by atoms with van der Waals surface area (Å²) in [7, 11) is 0. The van der Waals surface area contributed by atoms with Gasteiger partial charge in [0.15, 0.2) is 0 Å². The molecule has 4 nitrogen and oxygen atoms in total. The number of phenols is 1. The van der Waals surface area contributed by atoms with Crippen LogP contribution in [0.4, 0.5) is 5.69 Å². The quantitative estimate of drug-likeness (QED) is 0.486. The van der Waals surface area contributed by atoms with E-state index in [1.807, 2.05) is 30.3 Å². The van der Waals surface area contributed by atoms with E-state index < -0.39 is 0 Å². The summed E-state index contributed by atoms with van der Waals surface area (Å²) in [5.74, 6) is -0.451.